The zero-order valence-corrected chi connectivity index (χ0v) is 8.76. The molecular formula is C12H22O. The van der Waals surface area contributed by atoms with Crippen molar-refractivity contribution >= 4 is 0 Å². The van der Waals surface area contributed by atoms with Crippen LogP contribution in [0.4, 0.5) is 0 Å². The normalized spacial score (nSPS) is 30.0. The highest BCUT2D eigenvalue weighted by Crippen LogP contribution is 2.47. The van der Waals surface area contributed by atoms with Crippen LogP contribution in [0.3, 0.4) is 0 Å². The molecule has 2 fully saturated rings. The Morgan fingerprint density at radius 1 is 1.00 bits per heavy atom. The molecule has 0 aromatic heterocycles. The molecule has 0 aliphatic heterocycles. The van der Waals surface area contributed by atoms with Gasteiger partial charge < -0.3 is 5.11 Å². The summed E-state index contributed by atoms with van der Waals surface area (Å²) in [4.78, 5) is 0. The van der Waals surface area contributed by atoms with Gasteiger partial charge in [0.1, 0.15) is 0 Å². The molecule has 0 spiro atoms. The Morgan fingerprint density at radius 3 is 1.77 bits per heavy atom. The van der Waals surface area contributed by atoms with Gasteiger partial charge in [-0.25, -0.2) is 0 Å². The third-order valence-corrected chi connectivity index (χ3v) is 4.44. The smallest absolute Gasteiger partial charge is 0.0701 e. The molecule has 2 rings (SSSR count). The molecule has 0 aromatic rings. The predicted molar refractivity (Wildman–Crippen MR) is 54.5 cm³/mol. The van der Waals surface area contributed by atoms with E-state index < -0.39 is 0 Å². The molecule has 0 aromatic carbocycles. The largest absolute Gasteiger partial charge is 0.389 e. The fraction of sp³-hybridized carbons (Fsp3) is 1.00. The lowest BCUT2D eigenvalue weighted by atomic mass is 9.65. The van der Waals surface area contributed by atoms with E-state index in [4.69, 9.17) is 0 Å². The highest BCUT2D eigenvalue weighted by atomic mass is 16.3. The maximum absolute atomic E-state index is 10.6. The van der Waals surface area contributed by atoms with Crippen LogP contribution in [0.15, 0.2) is 0 Å². The second kappa shape index (κ2) is 3.61. The van der Waals surface area contributed by atoms with Crippen LogP contribution in [0, 0.1) is 11.8 Å². The fourth-order valence-electron chi connectivity index (χ4n) is 3.24. The lowest BCUT2D eigenvalue weighted by molar-refractivity contribution is -0.0968. The maximum atomic E-state index is 10.6. The van der Waals surface area contributed by atoms with Gasteiger partial charge in [-0.3, -0.25) is 0 Å². The highest BCUT2D eigenvalue weighted by Gasteiger charge is 2.45. The van der Waals surface area contributed by atoms with Gasteiger partial charge in [0, 0.05) is 0 Å². The van der Waals surface area contributed by atoms with Gasteiger partial charge in [-0.1, -0.05) is 26.2 Å². The van der Waals surface area contributed by atoms with Crippen molar-refractivity contribution in [3.63, 3.8) is 0 Å². The lowest BCUT2D eigenvalue weighted by Gasteiger charge is -2.45. The first-order valence-corrected chi connectivity index (χ1v) is 5.99. The SMILES string of the molecule is CCC(O)(C1CCCC1)C1CCC1. The van der Waals surface area contributed by atoms with Gasteiger partial charge in [-0.2, -0.15) is 0 Å². The Labute approximate surface area is 81.5 Å². The molecule has 0 radical (unpaired) electrons. The first-order valence-electron chi connectivity index (χ1n) is 5.99. The Morgan fingerprint density at radius 2 is 1.46 bits per heavy atom. The molecule has 13 heavy (non-hydrogen) atoms. The molecule has 2 saturated carbocycles. The van der Waals surface area contributed by atoms with E-state index in [1.807, 2.05) is 0 Å². The van der Waals surface area contributed by atoms with Gasteiger partial charge >= 0.3 is 0 Å². The van der Waals surface area contributed by atoms with E-state index in [0.717, 1.165) is 6.42 Å². The molecule has 76 valence electrons. The van der Waals surface area contributed by atoms with Gasteiger partial charge in [-0.05, 0) is 43.9 Å². The quantitative estimate of drug-likeness (QED) is 0.711. The predicted octanol–water partition coefficient (Wildman–Crippen LogP) is 3.12. The van der Waals surface area contributed by atoms with Crippen molar-refractivity contribution in [1.29, 1.82) is 0 Å². The van der Waals surface area contributed by atoms with Crippen molar-refractivity contribution in [1.82, 2.24) is 0 Å². The molecule has 1 atom stereocenters. The average molecular weight is 182 g/mol. The van der Waals surface area contributed by atoms with Crippen LogP contribution in [0.1, 0.15) is 58.3 Å². The van der Waals surface area contributed by atoms with Gasteiger partial charge in [0.25, 0.3) is 0 Å². The topological polar surface area (TPSA) is 20.2 Å². The number of hydrogen-bond donors (Lipinski definition) is 1. The zero-order chi connectivity index (χ0) is 9.31. The number of rotatable bonds is 3. The van der Waals surface area contributed by atoms with Crippen LogP contribution >= 0.6 is 0 Å². The van der Waals surface area contributed by atoms with Gasteiger partial charge in [-0.15, -0.1) is 0 Å². The Balaban J connectivity index is 2.03. The first kappa shape index (κ1) is 9.51. The van der Waals surface area contributed by atoms with Crippen molar-refractivity contribution in [3.8, 4) is 0 Å². The molecule has 2 aliphatic rings. The standard InChI is InChI=1S/C12H22O/c1-2-12(13,11-8-5-9-11)10-6-3-4-7-10/h10-11,13H,2-9H2,1H3. The number of hydrogen-bond acceptors (Lipinski definition) is 1. The summed E-state index contributed by atoms with van der Waals surface area (Å²) in [5.41, 5.74) is -0.283. The molecule has 1 nitrogen and oxygen atoms in total. The van der Waals surface area contributed by atoms with E-state index in [1.54, 1.807) is 0 Å². The molecule has 1 unspecified atom stereocenters. The van der Waals surface area contributed by atoms with E-state index in [0.29, 0.717) is 11.8 Å². The summed E-state index contributed by atoms with van der Waals surface area (Å²) in [6, 6.07) is 0. The Kier molecular flexibility index (Phi) is 2.64. The number of aliphatic hydroxyl groups is 1. The van der Waals surface area contributed by atoms with Crippen LogP contribution in [0.2, 0.25) is 0 Å². The second-order valence-electron chi connectivity index (χ2n) is 4.95. The molecule has 1 heteroatoms. The van der Waals surface area contributed by atoms with E-state index in [2.05, 4.69) is 6.92 Å². The summed E-state index contributed by atoms with van der Waals surface area (Å²) in [6.07, 6.45) is 10.1. The average Bonchev–Trinajstić information content (AvgIpc) is 2.52. The first-order chi connectivity index (χ1) is 6.27. The van der Waals surface area contributed by atoms with Crippen molar-refractivity contribution in [2.45, 2.75) is 63.9 Å². The summed E-state index contributed by atoms with van der Waals surface area (Å²) in [5.74, 6) is 1.27. The summed E-state index contributed by atoms with van der Waals surface area (Å²) >= 11 is 0. The monoisotopic (exact) mass is 182 g/mol. The van der Waals surface area contributed by atoms with Crippen molar-refractivity contribution < 1.29 is 5.11 Å². The molecule has 0 saturated heterocycles. The van der Waals surface area contributed by atoms with Gasteiger partial charge in [0.2, 0.25) is 0 Å². The van der Waals surface area contributed by atoms with E-state index in [1.165, 1.54) is 44.9 Å². The van der Waals surface area contributed by atoms with Gasteiger partial charge in [0.15, 0.2) is 0 Å². The van der Waals surface area contributed by atoms with E-state index in [9.17, 15) is 5.11 Å². The van der Waals surface area contributed by atoms with E-state index >= 15 is 0 Å². The fourth-order valence-corrected chi connectivity index (χ4v) is 3.24. The lowest BCUT2D eigenvalue weighted by Crippen LogP contribution is -2.46. The highest BCUT2D eigenvalue weighted by molar-refractivity contribution is 4.96. The minimum absolute atomic E-state index is 0.283. The third kappa shape index (κ3) is 1.52. The summed E-state index contributed by atoms with van der Waals surface area (Å²) in [7, 11) is 0. The molecule has 2 aliphatic carbocycles. The van der Waals surface area contributed by atoms with Crippen LogP contribution in [0.5, 0.6) is 0 Å². The van der Waals surface area contributed by atoms with Crippen LogP contribution in [-0.2, 0) is 0 Å². The second-order valence-corrected chi connectivity index (χ2v) is 4.95. The van der Waals surface area contributed by atoms with Crippen molar-refractivity contribution in [2.75, 3.05) is 0 Å². The molecule has 0 amide bonds. The third-order valence-electron chi connectivity index (χ3n) is 4.44. The molecule has 0 heterocycles. The van der Waals surface area contributed by atoms with Crippen molar-refractivity contribution in [2.24, 2.45) is 11.8 Å². The van der Waals surface area contributed by atoms with Crippen molar-refractivity contribution in [3.05, 3.63) is 0 Å². The Bertz CT molecular complexity index is 168. The minimum atomic E-state index is -0.283. The zero-order valence-electron chi connectivity index (χ0n) is 8.76. The minimum Gasteiger partial charge on any atom is -0.389 e. The van der Waals surface area contributed by atoms with Crippen LogP contribution in [-0.4, -0.2) is 10.7 Å². The molecular weight excluding hydrogens is 160 g/mol. The summed E-state index contributed by atoms with van der Waals surface area (Å²) in [6.45, 7) is 2.16. The van der Waals surface area contributed by atoms with E-state index in [-0.39, 0.29) is 5.60 Å². The van der Waals surface area contributed by atoms with Gasteiger partial charge in [0.05, 0.1) is 5.60 Å². The summed E-state index contributed by atoms with van der Waals surface area (Å²) in [5, 5.41) is 10.6. The summed E-state index contributed by atoms with van der Waals surface area (Å²) < 4.78 is 0. The van der Waals surface area contributed by atoms with Crippen LogP contribution in [0.25, 0.3) is 0 Å². The Hall–Kier alpha value is -0.0400. The maximum Gasteiger partial charge on any atom is 0.0701 e. The molecule has 1 N–H and O–H groups in total. The molecule has 0 bridgehead atoms. The van der Waals surface area contributed by atoms with Crippen LogP contribution < -0.4 is 0 Å².